The first-order valence-corrected chi connectivity index (χ1v) is 8.35. The zero-order chi connectivity index (χ0) is 20.8. The van der Waals surface area contributed by atoms with Crippen LogP contribution in [-0.4, -0.2) is 46.3 Å². The molecule has 0 bridgehead atoms. The van der Waals surface area contributed by atoms with Crippen molar-refractivity contribution >= 4 is 47.1 Å². The van der Waals surface area contributed by atoms with E-state index in [4.69, 9.17) is 23.2 Å². The van der Waals surface area contributed by atoms with Crippen molar-refractivity contribution in [3.05, 3.63) is 69.7 Å². The van der Waals surface area contributed by atoms with Gasteiger partial charge in [-0.3, -0.25) is 0 Å². The molecule has 2 aromatic rings. The molecule has 0 heterocycles. The molecule has 2 atom stereocenters. The summed E-state index contributed by atoms with van der Waals surface area (Å²) in [6, 6.07) is 11.2. The molecule has 8 nitrogen and oxygen atoms in total. The Kier molecular flexibility index (Phi) is 7.24. The van der Waals surface area contributed by atoms with Gasteiger partial charge < -0.3 is 19.7 Å². The minimum Gasteiger partial charge on any atom is -0.387 e. The van der Waals surface area contributed by atoms with Gasteiger partial charge >= 0.3 is 23.9 Å². The van der Waals surface area contributed by atoms with Crippen molar-refractivity contribution in [2.45, 2.75) is 12.2 Å². The van der Waals surface area contributed by atoms with Crippen LogP contribution in [0.3, 0.4) is 0 Å². The summed E-state index contributed by atoms with van der Waals surface area (Å²) >= 11 is 11.6. The third-order valence-electron chi connectivity index (χ3n) is 3.36. The average molecular weight is 427 g/mol. The summed E-state index contributed by atoms with van der Waals surface area (Å²) in [6.45, 7) is 0. The molecule has 10 heteroatoms. The molecule has 2 aromatic carbocycles. The molecular formula is C18H12Cl2O8. The van der Waals surface area contributed by atoms with Gasteiger partial charge in [-0.1, -0.05) is 47.5 Å². The van der Waals surface area contributed by atoms with E-state index in [0.717, 1.165) is 0 Å². The van der Waals surface area contributed by atoms with Gasteiger partial charge in [0, 0.05) is 0 Å². The third kappa shape index (κ3) is 5.14. The van der Waals surface area contributed by atoms with Crippen molar-refractivity contribution in [2.75, 3.05) is 0 Å². The normalized spacial score (nSPS) is 12.6. The highest BCUT2D eigenvalue weighted by atomic mass is 35.5. The fourth-order valence-corrected chi connectivity index (χ4v) is 2.35. The van der Waals surface area contributed by atoms with E-state index in [9.17, 15) is 29.4 Å². The topological polar surface area (TPSA) is 127 Å². The molecule has 0 amide bonds. The molecule has 0 saturated carbocycles. The largest absolute Gasteiger partial charge is 0.387 e. The van der Waals surface area contributed by atoms with Gasteiger partial charge in [0.05, 0.1) is 21.2 Å². The quantitative estimate of drug-likeness (QED) is 0.546. The van der Waals surface area contributed by atoms with Gasteiger partial charge in [-0.2, -0.15) is 0 Å². The van der Waals surface area contributed by atoms with Crippen LogP contribution in [-0.2, 0) is 19.1 Å². The monoisotopic (exact) mass is 426 g/mol. The molecule has 0 aliphatic carbocycles. The molecule has 0 unspecified atom stereocenters. The number of aliphatic hydroxyl groups excluding tert-OH is 2. The minimum atomic E-state index is -2.49. The third-order valence-corrected chi connectivity index (χ3v) is 4.02. The highest BCUT2D eigenvalue weighted by Gasteiger charge is 2.36. The predicted molar refractivity (Wildman–Crippen MR) is 95.8 cm³/mol. The summed E-state index contributed by atoms with van der Waals surface area (Å²) in [5.41, 5.74) is -0.341. The first kappa shape index (κ1) is 21.5. The van der Waals surface area contributed by atoms with Gasteiger partial charge in [0.15, 0.2) is 12.2 Å². The van der Waals surface area contributed by atoms with E-state index in [-0.39, 0.29) is 21.2 Å². The van der Waals surface area contributed by atoms with Gasteiger partial charge in [-0.25, -0.2) is 19.2 Å². The molecule has 2 rings (SSSR count). The smallest absolute Gasteiger partial charge is 0.347 e. The predicted octanol–water partition coefficient (Wildman–Crippen LogP) is 1.78. The number of rotatable bonds is 5. The van der Waals surface area contributed by atoms with Crippen LogP contribution < -0.4 is 0 Å². The summed E-state index contributed by atoms with van der Waals surface area (Å²) in [6.07, 6.45) is -4.98. The second-order valence-corrected chi connectivity index (χ2v) is 6.08. The second-order valence-electron chi connectivity index (χ2n) is 5.27. The van der Waals surface area contributed by atoms with E-state index in [0.29, 0.717) is 0 Å². The van der Waals surface area contributed by atoms with Crippen LogP contribution in [0.2, 0.25) is 10.0 Å². The first-order valence-electron chi connectivity index (χ1n) is 7.59. The zero-order valence-corrected chi connectivity index (χ0v) is 15.4. The first-order chi connectivity index (χ1) is 13.2. The fourth-order valence-electron chi connectivity index (χ4n) is 1.92. The Morgan fingerprint density at radius 2 is 1.00 bits per heavy atom. The summed E-state index contributed by atoms with van der Waals surface area (Å²) in [4.78, 5) is 47.3. The summed E-state index contributed by atoms with van der Waals surface area (Å²) < 4.78 is 8.75. The minimum absolute atomic E-state index is 0.0138. The Bertz CT molecular complexity index is 852. The molecular weight excluding hydrogens is 415 g/mol. The van der Waals surface area contributed by atoms with Crippen molar-refractivity contribution in [3.8, 4) is 0 Å². The molecule has 28 heavy (non-hydrogen) atoms. The lowest BCUT2D eigenvalue weighted by Crippen LogP contribution is -2.43. The van der Waals surface area contributed by atoms with Crippen LogP contribution in [0, 0.1) is 0 Å². The maximum Gasteiger partial charge on any atom is 0.347 e. The number of hydrogen-bond acceptors (Lipinski definition) is 8. The number of aliphatic hydroxyl groups is 2. The van der Waals surface area contributed by atoms with Gasteiger partial charge in [0.2, 0.25) is 0 Å². The summed E-state index contributed by atoms with van der Waals surface area (Å²) in [5, 5.41) is 19.4. The molecule has 146 valence electrons. The Balaban J connectivity index is 1.99. The summed E-state index contributed by atoms with van der Waals surface area (Å²) in [7, 11) is 0. The van der Waals surface area contributed by atoms with Crippen molar-refractivity contribution < 1.29 is 38.9 Å². The van der Waals surface area contributed by atoms with E-state index in [2.05, 4.69) is 9.47 Å². The molecule has 0 aliphatic heterocycles. The van der Waals surface area contributed by atoms with Crippen LogP contribution in [0.4, 0.5) is 0 Å². The van der Waals surface area contributed by atoms with E-state index < -0.39 is 36.1 Å². The highest BCUT2D eigenvalue weighted by Crippen LogP contribution is 2.18. The number of esters is 4. The molecule has 0 aliphatic rings. The Labute approximate surface area is 168 Å². The zero-order valence-electron chi connectivity index (χ0n) is 13.9. The number of carbonyl (C=O) groups is 4. The molecule has 2 N–H and O–H groups in total. The number of benzene rings is 2. The van der Waals surface area contributed by atoms with Crippen LogP contribution in [0.5, 0.6) is 0 Å². The molecule has 0 spiro atoms. The van der Waals surface area contributed by atoms with Gasteiger partial charge in [-0.05, 0) is 24.3 Å². The second kappa shape index (κ2) is 9.43. The Morgan fingerprint density at radius 1 is 0.679 bits per heavy atom. The highest BCUT2D eigenvalue weighted by molar-refractivity contribution is 6.34. The lowest BCUT2D eigenvalue weighted by molar-refractivity contribution is -0.166. The van der Waals surface area contributed by atoms with Crippen LogP contribution >= 0.6 is 23.2 Å². The number of ether oxygens (including phenoxy) is 2. The van der Waals surface area contributed by atoms with E-state index in [1.165, 1.54) is 48.5 Å². The van der Waals surface area contributed by atoms with Crippen molar-refractivity contribution in [1.82, 2.24) is 0 Å². The van der Waals surface area contributed by atoms with E-state index >= 15 is 0 Å². The van der Waals surface area contributed by atoms with Gasteiger partial charge in [0.25, 0.3) is 0 Å². The lowest BCUT2D eigenvalue weighted by Gasteiger charge is -2.15. The van der Waals surface area contributed by atoms with E-state index in [1.807, 2.05) is 0 Å². The fraction of sp³-hybridized carbons (Fsp3) is 0.111. The maximum atomic E-state index is 11.9. The van der Waals surface area contributed by atoms with Gasteiger partial charge in [0.1, 0.15) is 0 Å². The van der Waals surface area contributed by atoms with Crippen molar-refractivity contribution in [3.63, 3.8) is 0 Å². The lowest BCUT2D eigenvalue weighted by atomic mass is 10.2. The number of halogens is 2. The Morgan fingerprint density at radius 3 is 1.32 bits per heavy atom. The van der Waals surface area contributed by atoms with Crippen molar-refractivity contribution in [2.24, 2.45) is 0 Å². The molecule has 0 radical (unpaired) electrons. The molecule has 0 aromatic heterocycles. The van der Waals surface area contributed by atoms with Crippen LogP contribution in [0.1, 0.15) is 20.7 Å². The van der Waals surface area contributed by atoms with Crippen LogP contribution in [0.15, 0.2) is 48.5 Å². The number of hydrogen-bond donors (Lipinski definition) is 2. The molecule has 0 saturated heterocycles. The van der Waals surface area contributed by atoms with Gasteiger partial charge in [-0.15, -0.1) is 0 Å². The molecule has 0 fully saturated rings. The van der Waals surface area contributed by atoms with E-state index in [1.54, 1.807) is 0 Å². The Hall–Kier alpha value is -2.78. The standard InChI is InChI=1S/C18H12Cl2O8/c19-11-7-3-1-5-9(11)15(23)27-17(25)13(21)14(22)18(26)28-16(24)10-6-2-4-8-12(10)20/h1-8,13-14,21-22H/t13-,14-/m1/s1. The summed E-state index contributed by atoms with van der Waals surface area (Å²) in [5.74, 6) is -5.69. The van der Waals surface area contributed by atoms with Crippen LogP contribution in [0.25, 0.3) is 0 Å². The number of carbonyl (C=O) groups excluding carboxylic acids is 4. The van der Waals surface area contributed by atoms with Crippen molar-refractivity contribution in [1.29, 1.82) is 0 Å². The average Bonchev–Trinajstić information content (AvgIpc) is 2.67. The SMILES string of the molecule is O=C(OC(=O)[C@H](O)[C@@H](O)C(=O)OC(=O)c1ccccc1Cl)c1ccccc1Cl. The maximum absolute atomic E-state index is 11.9.